The van der Waals surface area contributed by atoms with Crippen molar-refractivity contribution in [3.63, 3.8) is 0 Å². The lowest BCUT2D eigenvalue weighted by Crippen LogP contribution is -2.25. The van der Waals surface area contributed by atoms with Gasteiger partial charge < -0.3 is 18.4 Å². The maximum atomic E-state index is 11.3. The molecule has 0 spiro atoms. The Hall–Kier alpha value is -2.15. The quantitative estimate of drug-likeness (QED) is 0.262. The van der Waals surface area contributed by atoms with Crippen molar-refractivity contribution >= 4 is 24.2 Å². The lowest BCUT2D eigenvalue weighted by atomic mass is 10.2. The van der Waals surface area contributed by atoms with Crippen LogP contribution in [0, 0.1) is 17.0 Å². The summed E-state index contributed by atoms with van der Waals surface area (Å²) in [7, 11) is 0.318. The fourth-order valence-corrected chi connectivity index (χ4v) is 5.65. The van der Waals surface area contributed by atoms with E-state index in [-0.39, 0.29) is 5.69 Å². The Morgan fingerprint density at radius 1 is 1.18 bits per heavy atom. The van der Waals surface area contributed by atoms with Crippen LogP contribution in [0.5, 0.6) is 5.75 Å². The van der Waals surface area contributed by atoms with E-state index in [1.807, 2.05) is 39.8 Å². The zero-order valence-corrected chi connectivity index (χ0v) is 18.0. The predicted octanol–water partition coefficient (Wildman–Crippen LogP) is 5.04. The van der Waals surface area contributed by atoms with Crippen LogP contribution in [0.1, 0.15) is 26.5 Å². The fourth-order valence-electron chi connectivity index (χ4n) is 2.68. The molecule has 0 amide bonds. The minimum absolute atomic E-state index is 0.0703. The molecule has 0 unspecified atom stereocenters. The number of nitro benzene ring substituents is 1. The summed E-state index contributed by atoms with van der Waals surface area (Å²) in [6, 6.07) is 8.04. The molecule has 9 heteroatoms. The van der Waals surface area contributed by atoms with Crippen LogP contribution in [0.4, 0.5) is 11.4 Å². The second-order valence-electron chi connectivity index (χ2n) is 7.17. The molecule has 154 valence electrons. The topological polar surface area (TPSA) is 96.3 Å². The van der Waals surface area contributed by atoms with E-state index in [0.717, 1.165) is 5.76 Å². The molecule has 2 aromatic rings. The Kier molecular flexibility index (Phi) is 7.04. The molecule has 0 aliphatic rings. The van der Waals surface area contributed by atoms with Crippen LogP contribution >= 0.6 is 7.28 Å². The van der Waals surface area contributed by atoms with Crippen molar-refractivity contribution in [2.75, 3.05) is 27.4 Å². The van der Waals surface area contributed by atoms with Crippen LogP contribution in [-0.2, 0) is 9.26 Å². The van der Waals surface area contributed by atoms with E-state index in [9.17, 15) is 10.1 Å². The number of nitro groups is 1. The van der Waals surface area contributed by atoms with E-state index in [4.69, 9.17) is 23.2 Å². The van der Waals surface area contributed by atoms with Crippen LogP contribution in [0.2, 0.25) is 0 Å². The summed E-state index contributed by atoms with van der Waals surface area (Å²) in [4.78, 5) is 10.8. The second kappa shape index (κ2) is 8.90. The van der Waals surface area contributed by atoms with E-state index in [2.05, 4.69) is 0 Å². The third kappa shape index (κ3) is 4.63. The Bertz CT molecular complexity index is 885. The third-order valence-corrected chi connectivity index (χ3v) is 7.83. The molecular formula is C19H27N2O6P. The molecule has 0 saturated heterocycles. The first kappa shape index (κ1) is 22.1. The largest absolute Gasteiger partial charge is 0.494 e. The number of methoxy groups -OCH3 is 2. The van der Waals surface area contributed by atoms with Gasteiger partial charge in [0.05, 0.1) is 25.2 Å². The molecule has 0 aliphatic carbocycles. The van der Waals surface area contributed by atoms with E-state index in [1.165, 1.54) is 25.3 Å². The molecular weight excluding hydrogens is 383 g/mol. The molecule has 0 N–H and O–H groups in total. The number of benzene rings is 1. The zero-order chi connectivity index (χ0) is 20.9. The van der Waals surface area contributed by atoms with Crippen molar-refractivity contribution in [3.8, 4) is 5.75 Å². The van der Waals surface area contributed by atoms with Gasteiger partial charge in [-0.3, -0.25) is 10.1 Å². The number of hydrogen-bond acceptors (Lipinski definition) is 7. The molecule has 2 rings (SSSR count). The first-order valence-corrected chi connectivity index (χ1v) is 10.5. The number of nitrogens with zero attached hydrogens (tertiary/aromatic N) is 2. The van der Waals surface area contributed by atoms with Gasteiger partial charge in [0, 0.05) is 24.4 Å². The first-order chi connectivity index (χ1) is 13.1. The number of ether oxygens (including phenoxy) is 2. The van der Waals surface area contributed by atoms with Gasteiger partial charge in [0.15, 0.2) is 12.8 Å². The summed E-state index contributed by atoms with van der Waals surface area (Å²) in [5.41, 5.74) is 0.896. The van der Waals surface area contributed by atoms with Crippen molar-refractivity contribution < 1.29 is 23.3 Å². The molecule has 1 aromatic heterocycles. The van der Waals surface area contributed by atoms with Crippen LogP contribution < -0.4 is 10.2 Å². The Balaban J connectivity index is 2.80. The maximum absolute atomic E-state index is 11.3. The SMILES string of the molecule is COCCO[P@@](=Nc1cc([N+](=O)[O-])ccc1OC)(c1ccc(C)o1)C(C)(C)C. The molecule has 8 nitrogen and oxygen atoms in total. The lowest BCUT2D eigenvalue weighted by Gasteiger charge is -2.35. The lowest BCUT2D eigenvalue weighted by molar-refractivity contribution is -0.384. The summed E-state index contributed by atoms with van der Waals surface area (Å²) in [5.74, 6) is 1.16. The fraction of sp³-hybridized carbons (Fsp3) is 0.474. The van der Waals surface area contributed by atoms with Crippen molar-refractivity contribution in [2.45, 2.75) is 32.9 Å². The Labute approximate surface area is 165 Å². The van der Waals surface area contributed by atoms with E-state index in [1.54, 1.807) is 7.11 Å². The highest BCUT2D eigenvalue weighted by atomic mass is 31.2. The first-order valence-electron chi connectivity index (χ1n) is 8.80. The minimum Gasteiger partial charge on any atom is -0.494 e. The molecule has 1 atom stereocenters. The molecule has 1 aromatic carbocycles. The number of rotatable bonds is 8. The van der Waals surface area contributed by atoms with Crippen LogP contribution in [0.3, 0.4) is 0 Å². The van der Waals surface area contributed by atoms with Crippen molar-refractivity contribution in [3.05, 3.63) is 46.2 Å². The van der Waals surface area contributed by atoms with Gasteiger partial charge >= 0.3 is 0 Å². The van der Waals surface area contributed by atoms with Gasteiger partial charge in [-0.1, -0.05) is 20.8 Å². The van der Waals surface area contributed by atoms with Gasteiger partial charge in [-0.05, 0) is 25.1 Å². The average Bonchev–Trinajstić information content (AvgIpc) is 3.06. The van der Waals surface area contributed by atoms with E-state index < -0.39 is 17.4 Å². The van der Waals surface area contributed by atoms with Gasteiger partial charge in [0.1, 0.15) is 17.2 Å². The zero-order valence-electron chi connectivity index (χ0n) is 17.1. The molecule has 1 heterocycles. The molecule has 0 aliphatic heterocycles. The monoisotopic (exact) mass is 410 g/mol. The van der Waals surface area contributed by atoms with Gasteiger partial charge in [0.25, 0.3) is 5.69 Å². The normalized spacial score (nSPS) is 13.8. The Morgan fingerprint density at radius 3 is 2.39 bits per heavy atom. The van der Waals surface area contributed by atoms with Crippen molar-refractivity contribution in [2.24, 2.45) is 4.74 Å². The van der Waals surface area contributed by atoms with Gasteiger partial charge in [0.2, 0.25) is 0 Å². The number of hydrogen-bond donors (Lipinski definition) is 0. The third-order valence-electron chi connectivity index (χ3n) is 4.12. The summed E-state index contributed by atoms with van der Waals surface area (Å²) < 4.78 is 27.8. The highest BCUT2D eigenvalue weighted by Crippen LogP contribution is 2.63. The average molecular weight is 410 g/mol. The molecule has 0 bridgehead atoms. The van der Waals surface area contributed by atoms with Crippen molar-refractivity contribution in [1.29, 1.82) is 0 Å². The van der Waals surface area contributed by atoms with Crippen molar-refractivity contribution in [1.82, 2.24) is 0 Å². The minimum atomic E-state index is -2.78. The summed E-state index contributed by atoms with van der Waals surface area (Å²) in [5, 5.41) is 10.8. The number of non-ortho nitro benzene ring substituents is 1. The molecule has 0 saturated carbocycles. The molecule has 28 heavy (non-hydrogen) atoms. The van der Waals surface area contributed by atoms with Crippen LogP contribution in [0.15, 0.2) is 39.5 Å². The molecule has 0 fully saturated rings. The van der Waals surface area contributed by atoms with E-state index >= 15 is 0 Å². The summed E-state index contributed by atoms with van der Waals surface area (Å²) in [6.45, 7) is 8.58. The smallest absolute Gasteiger partial charge is 0.271 e. The summed E-state index contributed by atoms with van der Waals surface area (Å²) in [6.07, 6.45) is 0. The highest BCUT2D eigenvalue weighted by Gasteiger charge is 2.40. The Morgan fingerprint density at radius 2 is 1.89 bits per heavy atom. The van der Waals surface area contributed by atoms with Gasteiger partial charge in [-0.2, -0.15) is 0 Å². The van der Waals surface area contributed by atoms with Gasteiger partial charge in [-0.15, -0.1) is 0 Å². The van der Waals surface area contributed by atoms with Crippen LogP contribution in [0.25, 0.3) is 0 Å². The van der Waals surface area contributed by atoms with Gasteiger partial charge in [-0.25, -0.2) is 4.74 Å². The maximum Gasteiger partial charge on any atom is 0.271 e. The summed E-state index contributed by atoms with van der Waals surface area (Å²) >= 11 is 0. The number of aryl methyl sites for hydroxylation is 1. The van der Waals surface area contributed by atoms with E-state index in [0.29, 0.717) is 30.2 Å². The molecule has 0 radical (unpaired) electrons. The predicted molar refractivity (Wildman–Crippen MR) is 109 cm³/mol. The van der Waals surface area contributed by atoms with Crippen LogP contribution in [-0.4, -0.2) is 37.5 Å². The second-order valence-corrected chi connectivity index (χ2v) is 10.6. The number of furan rings is 1. The standard InChI is InChI=1S/C19H27N2O6P/c1-14-7-10-18(27-14)28(19(2,3)4,26-12-11-24-5)20-16-13-15(21(22)23)8-9-17(16)25-6/h7-10,13H,11-12H2,1-6H3/t28-/m0/s1. The highest BCUT2D eigenvalue weighted by molar-refractivity contribution is 7.70.